The highest BCUT2D eigenvalue weighted by atomic mass is 16.4. The van der Waals surface area contributed by atoms with E-state index in [0.29, 0.717) is 5.92 Å². The van der Waals surface area contributed by atoms with Crippen molar-refractivity contribution in [3.8, 4) is 0 Å². The Balaban J connectivity index is 1.42. The number of carbonyl (C=O) groups excluding carboxylic acids is 1. The fraction of sp³-hybridized carbons (Fsp3) is 0.955. The maximum Gasteiger partial charge on any atom is 0.0414 e. The number of fused-ring (bicyclic) bond motifs is 5. The summed E-state index contributed by atoms with van der Waals surface area (Å²) in [6, 6.07) is 0. The van der Waals surface area contributed by atoms with Crippen molar-refractivity contribution >= 4 is 5.97 Å². The summed E-state index contributed by atoms with van der Waals surface area (Å²) in [6.07, 6.45) is 15.8. The van der Waals surface area contributed by atoms with Crippen molar-refractivity contribution in [2.75, 3.05) is 0 Å². The largest absolute Gasteiger partial charge is 0.550 e. The minimum atomic E-state index is -0.865. The molecule has 0 radical (unpaired) electrons. The summed E-state index contributed by atoms with van der Waals surface area (Å²) in [4.78, 5) is 10.8. The lowest BCUT2D eigenvalue weighted by Crippen LogP contribution is -2.44. The van der Waals surface area contributed by atoms with Gasteiger partial charge in [-0.15, -0.1) is 0 Å². The highest BCUT2D eigenvalue weighted by Crippen LogP contribution is 2.60. The van der Waals surface area contributed by atoms with Gasteiger partial charge in [-0.3, -0.25) is 0 Å². The molecule has 0 amide bonds. The second-order valence-electron chi connectivity index (χ2n) is 9.65. The Morgan fingerprint density at radius 1 is 0.833 bits per heavy atom. The van der Waals surface area contributed by atoms with Gasteiger partial charge in [-0.25, -0.2) is 0 Å². The minimum absolute atomic E-state index is 0.255. The topological polar surface area (TPSA) is 40.1 Å². The molecule has 0 aromatic carbocycles. The summed E-state index contributed by atoms with van der Waals surface area (Å²) in [5.74, 6) is 6.56. The number of carboxylic acids is 1. The number of hydrogen-bond acceptors (Lipinski definition) is 2. The molecule has 0 N–H and O–H groups in total. The molecular weight excluding hydrogens is 296 g/mol. The summed E-state index contributed by atoms with van der Waals surface area (Å²) >= 11 is 0. The van der Waals surface area contributed by atoms with Gasteiger partial charge >= 0.3 is 0 Å². The lowest BCUT2D eigenvalue weighted by molar-refractivity contribution is -0.306. The second-order valence-corrected chi connectivity index (χ2v) is 9.65. The first-order valence-electron chi connectivity index (χ1n) is 10.8. The Morgan fingerprint density at radius 3 is 2.29 bits per heavy atom. The lowest BCUT2D eigenvalue weighted by atomic mass is 9.53. The van der Waals surface area contributed by atoms with E-state index >= 15 is 0 Å². The zero-order valence-electron chi connectivity index (χ0n) is 15.4. The van der Waals surface area contributed by atoms with Crippen molar-refractivity contribution in [1.29, 1.82) is 0 Å². The Morgan fingerprint density at radius 2 is 1.46 bits per heavy atom. The number of carboxylic acid groups (broad SMARTS) is 1. The van der Waals surface area contributed by atoms with Crippen LogP contribution >= 0.6 is 0 Å². The minimum Gasteiger partial charge on any atom is -0.550 e. The standard InChI is InChI=1S/C22H36O2/c1-14(6-13-22(23)24)16-9-10-21-18(16)11-12-19-17-5-3-2-4-15(17)7-8-20(19)21/h14-21H,2-13H2,1H3,(H,23,24)/p-1. The van der Waals surface area contributed by atoms with Crippen molar-refractivity contribution in [2.24, 2.45) is 47.3 Å². The van der Waals surface area contributed by atoms with Crippen LogP contribution in [0.2, 0.25) is 0 Å². The summed E-state index contributed by atoms with van der Waals surface area (Å²) in [5, 5.41) is 10.8. The maximum atomic E-state index is 10.8. The molecule has 136 valence electrons. The highest BCUT2D eigenvalue weighted by Gasteiger charge is 2.51. The van der Waals surface area contributed by atoms with Crippen molar-refractivity contribution < 1.29 is 9.90 Å². The van der Waals surface area contributed by atoms with E-state index in [1.807, 2.05) is 0 Å². The van der Waals surface area contributed by atoms with E-state index in [1.165, 1.54) is 64.2 Å². The molecule has 2 nitrogen and oxygen atoms in total. The molecule has 0 aromatic heterocycles. The smallest absolute Gasteiger partial charge is 0.0414 e. The van der Waals surface area contributed by atoms with Gasteiger partial charge in [0.25, 0.3) is 0 Å². The monoisotopic (exact) mass is 331 g/mol. The fourth-order valence-electron chi connectivity index (χ4n) is 7.80. The zero-order valence-corrected chi connectivity index (χ0v) is 15.4. The molecule has 4 aliphatic carbocycles. The molecule has 0 heterocycles. The van der Waals surface area contributed by atoms with E-state index in [1.54, 1.807) is 0 Å². The molecule has 8 unspecified atom stereocenters. The number of hydrogen-bond donors (Lipinski definition) is 0. The van der Waals surface area contributed by atoms with Crippen LogP contribution in [0.15, 0.2) is 0 Å². The molecule has 4 fully saturated rings. The van der Waals surface area contributed by atoms with Gasteiger partial charge in [-0.1, -0.05) is 26.2 Å². The highest BCUT2D eigenvalue weighted by molar-refractivity contribution is 5.64. The first kappa shape index (κ1) is 16.9. The summed E-state index contributed by atoms with van der Waals surface area (Å²) in [5.41, 5.74) is 0. The van der Waals surface area contributed by atoms with Crippen LogP contribution in [0.25, 0.3) is 0 Å². The van der Waals surface area contributed by atoms with E-state index in [2.05, 4.69) is 6.92 Å². The zero-order chi connectivity index (χ0) is 16.7. The molecule has 0 saturated heterocycles. The van der Waals surface area contributed by atoms with Crippen LogP contribution in [-0.4, -0.2) is 5.97 Å². The molecule has 0 bridgehead atoms. The third kappa shape index (κ3) is 3.03. The van der Waals surface area contributed by atoms with Crippen molar-refractivity contribution in [2.45, 2.75) is 84.0 Å². The van der Waals surface area contributed by atoms with Crippen molar-refractivity contribution in [3.63, 3.8) is 0 Å². The fourth-order valence-corrected chi connectivity index (χ4v) is 7.80. The van der Waals surface area contributed by atoms with Crippen LogP contribution in [-0.2, 0) is 4.79 Å². The maximum absolute atomic E-state index is 10.8. The third-order valence-electron chi connectivity index (χ3n) is 8.79. The van der Waals surface area contributed by atoms with Gasteiger partial charge in [0.1, 0.15) is 0 Å². The van der Waals surface area contributed by atoms with E-state index in [4.69, 9.17) is 0 Å². The Labute approximate surface area is 147 Å². The summed E-state index contributed by atoms with van der Waals surface area (Å²) < 4.78 is 0. The predicted molar refractivity (Wildman–Crippen MR) is 94.0 cm³/mol. The molecule has 0 aliphatic heterocycles. The Kier molecular flexibility index (Phi) is 4.93. The summed E-state index contributed by atoms with van der Waals surface area (Å²) in [6.45, 7) is 2.31. The van der Waals surface area contributed by atoms with Gasteiger partial charge in [0.05, 0.1) is 0 Å². The second kappa shape index (κ2) is 7.00. The first-order valence-corrected chi connectivity index (χ1v) is 10.8. The molecule has 0 spiro atoms. The van der Waals surface area contributed by atoms with Crippen LogP contribution in [0.3, 0.4) is 0 Å². The molecule has 4 saturated carbocycles. The molecule has 4 rings (SSSR count). The number of rotatable bonds is 4. The lowest BCUT2D eigenvalue weighted by Gasteiger charge is -2.52. The van der Waals surface area contributed by atoms with E-state index in [0.717, 1.165) is 47.8 Å². The summed E-state index contributed by atoms with van der Waals surface area (Å²) in [7, 11) is 0. The third-order valence-corrected chi connectivity index (χ3v) is 8.79. The molecule has 24 heavy (non-hydrogen) atoms. The SMILES string of the molecule is CC(CCC(=O)[O-])C1CCC2C1CCC1C3CCCCC3CCC12. The average molecular weight is 332 g/mol. The number of carbonyl (C=O) groups is 1. The van der Waals surface area contributed by atoms with Gasteiger partial charge in [0.15, 0.2) is 0 Å². The number of aliphatic carboxylic acids is 1. The Bertz CT molecular complexity index is 459. The van der Waals surface area contributed by atoms with E-state index < -0.39 is 5.97 Å². The normalized spacial score (nSPS) is 45.8. The van der Waals surface area contributed by atoms with Crippen molar-refractivity contribution in [1.82, 2.24) is 0 Å². The first-order chi connectivity index (χ1) is 11.6. The molecule has 0 aromatic rings. The van der Waals surface area contributed by atoms with Crippen LogP contribution in [0.4, 0.5) is 0 Å². The van der Waals surface area contributed by atoms with Gasteiger partial charge in [0, 0.05) is 5.97 Å². The Hall–Kier alpha value is -0.530. The quantitative estimate of drug-likeness (QED) is 0.765. The van der Waals surface area contributed by atoms with Gasteiger partial charge in [-0.05, 0) is 105 Å². The van der Waals surface area contributed by atoms with Crippen LogP contribution in [0, 0.1) is 47.3 Å². The van der Waals surface area contributed by atoms with Crippen LogP contribution < -0.4 is 5.11 Å². The molecule has 4 aliphatic rings. The van der Waals surface area contributed by atoms with Gasteiger partial charge < -0.3 is 9.90 Å². The van der Waals surface area contributed by atoms with Crippen LogP contribution in [0.1, 0.15) is 84.0 Å². The molecule has 8 atom stereocenters. The molecular formula is C22H35O2-. The van der Waals surface area contributed by atoms with Crippen molar-refractivity contribution in [3.05, 3.63) is 0 Å². The van der Waals surface area contributed by atoms with Gasteiger partial charge in [0.2, 0.25) is 0 Å². The predicted octanol–water partition coefficient (Wildman–Crippen LogP) is 4.42. The van der Waals surface area contributed by atoms with Gasteiger partial charge in [-0.2, -0.15) is 0 Å². The average Bonchev–Trinajstić information content (AvgIpc) is 3.03. The van der Waals surface area contributed by atoms with Crippen LogP contribution in [0.5, 0.6) is 0 Å². The van der Waals surface area contributed by atoms with E-state index in [9.17, 15) is 9.90 Å². The van der Waals surface area contributed by atoms with E-state index in [-0.39, 0.29) is 6.42 Å². The molecule has 2 heteroatoms.